The molecule has 166 valence electrons. The van der Waals surface area contributed by atoms with Gasteiger partial charge in [0.25, 0.3) is 0 Å². The predicted molar refractivity (Wildman–Crippen MR) is 123 cm³/mol. The fraction of sp³-hybridized carbons (Fsp3) is 0.318. The maximum absolute atomic E-state index is 13.4. The summed E-state index contributed by atoms with van der Waals surface area (Å²) in [4.78, 5) is 4.62. The Labute approximate surface area is 193 Å². The summed E-state index contributed by atoms with van der Waals surface area (Å²) in [5, 5.41) is 1.12. The lowest BCUT2D eigenvalue weighted by molar-refractivity contribution is 0.350. The molecular formula is C22H25Cl2N3O3S. The van der Waals surface area contributed by atoms with E-state index in [4.69, 9.17) is 27.9 Å². The molecule has 0 aliphatic carbocycles. The van der Waals surface area contributed by atoms with Crippen LogP contribution >= 0.6 is 23.2 Å². The molecule has 0 unspecified atom stereocenters. The molecule has 0 saturated heterocycles. The molecule has 0 saturated carbocycles. The van der Waals surface area contributed by atoms with Crippen LogP contribution in [-0.2, 0) is 23.1 Å². The van der Waals surface area contributed by atoms with E-state index in [0.29, 0.717) is 34.7 Å². The van der Waals surface area contributed by atoms with Gasteiger partial charge in [-0.2, -0.15) is 4.31 Å². The number of rotatable bonds is 9. The first kappa shape index (κ1) is 23.6. The summed E-state index contributed by atoms with van der Waals surface area (Å²) >= 11 is 12.3. The second kappa shape index (κ2) is 10.0. The summed E-state index contributed by atoms with van der Waals surface area (Å²) in [5.74, 6) is 1.37. The Balaban J connectivity index is 1.89. The molecule has 31 heavy (non-hydrogen) atoms. The Kier molecular flexibility index (Phi) is 7.64. The second-order valence-corrected chi connectivity index (χ2v) is 10.4. The Bertz CT molecular complexity index is 1130. The summed E-state index contributed by atoms with van der Waals surface area (Å²) < 4.78 is 35.2. The van der Waals surface area contributed by atoms with Crippen LogP contribution < -0.4 is 4.74 Å². The molecule has 0 bridgehead atoms. The van der Waals surface area contributed by atoms with Crippen LogP contribution in [0, 0.1) is 5.92 Å². The molecule has 0 amide bonds. The molecule has 1 aromatic heterocycles. The van der Waals surface area contributed by atoms with Crippen LogP contribution in [0.4, 0.5) is 0 Å². The lowest BCUT2D eigenvalue weighted by Gasteiger charge is -2.24. The highest BCUT2D eigenvalue weighted by atomic mass is 35.5. The van der Waals surface area contributed by atoms with Crippen molar-refractivity contribution in [2.24, 2.45) is 5.92 Å². The second-order valence-electron chi connectivity index (χ2n) is 7.57. The minimum atomic E-state index is -3.72. The molecule has 0 aliphatic rings. The molecule has 0 radical (unpaired) electrons. The van der Waals surface area contributed by atoms with Crippen LogP contribution in [0.3, 0.4) is 0 Å². The van der Waals surface area contributed by atoms with Gasteiger partial charge in [0.1, 0.15) is 11.6 Å². The highest BCUT2D eigenvalue weighted by Gasteiger charge is 2.27. The van der Waals surface area contributed by atoms with Gasteiger partial charge in [-0.3, -0.25) is 0 Å². The summed E-state index contributed by atoms with van der Waals surface area (Å²) in [6.45, 7) is 4.93. The molecule has 3 rings (SSSR count). The van der Waals surface area contributed by atoms with Crippen molar-refractivity contribution in [1.29, 1.82) is 0 Å². The molecule has 0 spiro atoms. The first-order valence-corrected chi connectivity index (χ1v) is 12.0. The molecular weight excluding hydrogens is 457 g/mol. The number of aromatic nitrogens is 2. The van der Waals surface area contributed by atoms with Gasteiger partial charge in [0.2, 0.25) is 10.0 Å². The Morgan fingerprint density at radius 2 is 1.84 bits per heavy atom. The van der Waals surface area contributed by atoms with Crippen LogP contribution in [0.1, 0.15) is 25.2 Å². The van der Waals surface area contributed by atoms with Crippen LogP contribution in [0.5, 0.6) is 5.75 Å². The van der Waals surface area contributed by atoms with Crippen molar-refractivity contribution in [3.63, 3.8) is 0 Å². The minimum absolute atomic E-state index is 0.141. The third-order valence-electron chi connectivity index (χ3n) is 4.74. The van der Waals surface area contributed by atoms with E-state index in [9.17, 15) is 8.42 Å². The quantitative estimate of drug-likeness (QED) is 0.426. The highest BCUT2D eigenvalue weighted by Crippen LogP contribution is 2.24. The molecule has 2 aromatic carbocycles. The van der Waals surface area contributed by atoms with E-state index >= 15 is 0 Å². The molecule has 0 fully saturated rings. The third-order valence-corrected chi connectivity index (χ3v) is 7.15. The van der Waals surface area contributed by atoms with E-state index in [1.807, 2.05) is 30.7 Å². The van der Waals surface area contributed by atoms with Crippen molar-refractivity contribution < 1.29 is 13.2 Å². The number of benzene rings is 2. The van der Waals surface area contributed by atoms with Gasteiger partial charge in [0.05, 0.1) is 25.1 Å². The number of methoxy groups -OCH3 is 1. The zero-order valence-electron chi connectivity index (χ0n) is 17.6. The fourth-order valence-electron chi connectivity index (χ4n) is 3.18. The SMILES string of the molecule is COc1ccc(S(=O)(=O)N(Cc2nccn2Cc2ccc(Cl)cc2Cl)CC(C)C)cc1. The van der Waals surface area contributed by atoms with Crippen molar-refractivity contribution in [3.8, 4) is 5.75 Å². The molecule has 0 aliphatic heterocycles. The highest BCUT2D eigenvalue weighted by molar-refractivity contribution is 7.89. The molecule has 6 nitrogen and oxygen atoms in total. The van der Waals surface area contributed by atoms with E-state index in [1.165, 1.54) is 4.31 Å². The van der Waals surface area contributed by atoms with E-state index in [-0.39, 0.29) is 17.4 Å². The Morgan fingerprint density at radius 1 is 1.13 bits per heavy atom. The van der Waals surface area contributed by atoms with Gasteiger partial charge < -0.3 is 9.30 Å². The third kappa shape index (κ3) is 5.80. The molecule has 0 atom stereocenters. The average Bonchev–Trinajstić information content (AvgIpc) is 3.16. The number of imidazole rings is 1. The standard InChI is InChI=1S/C22H25Cl2N3O3S/c1-16(2)13-27(31(28,29)20-8-6-19(30-3)7-9-20)15-22-25-10-11-26(22)14-17-4-5-18(23)12-21(17)24/h4-12,16H,13-15H2,1-3H3. The average molecular weight is 482 g/mol. The summed E-state index contributed by atoms with van der Waals surface area (Å²) in [6, 6.07) is 11.7. The summed E-state index contributed by atoms with van der Waals surface area (Å²) in [6.07, 6.45) is 3.47. The zero-order valence-corrected chi connectivity index (χ0v) is 20.0. The minimum Gasteiger partial charge on any atom is -0.497 e. The monoisotopic (exact) mass is 481 g/mol. The van der Waals surface area contributed by atoms with Crippen molar-refractivity contribution >= 4 is 33.2 Å². The number of sulfonamides is 1. The van der Waals surface area contributed by atoms with Gasteiger partial charge in [-0.05, 0) is 47.9 Å². The van der Waals surface area contributed by atoms with Gasteiger partial charge in [-0.25, -0.2) is 13.4 Å². The van der Waals surface area contributed by atoms with Crippen molar-refractivity contribution in [2.75, 3.05) is 13.7 Å². The smallest absolute Gasteiger partial charge is 0.243 e. The number of ether oxygens (including phenoxy) is 1. The lowest BCUT2D eigenvalue weighted by atomic mass is 10.2. The molecule has 3 aromatic rings. The van der Waals surface area contributed by atoms with Crippen molar-refractivity contribution in [3.05, 3.63) is 76.3 Å². The number of nitrogens with zero attached hydrogens (tertiary/aromatic N) is 3. The maximum Gasteiger partial charge on any atom is 0.243 e. The van der Waals surface area contributed by atoms with Crippen LogP contribution in [-0.4, -0.2) is 35.9 Å². The van der Waals surface area contributed by atoms with Gasteiger partial charge in [-0.1, -0.05) is 43.1 Å². The fourth-order valence-corrected chi connectivity index (χ4v) is 5.20. The van der Waals surface area contributed by atoms with E-state index in [1.54, 1.807) is 49.7 Å². The van der Waals surface area contributed by atoms with E-state index in [0.717, 1.165) is 5.56 Å². The molecule has 1 heterocycles. The van der Waals surface area contributed by atoms with E-state index < -0.39 is 10.0 Å². The van der Waals surface area contributed by atoms with Gasteiger partial charge >= 0.3 is 0 Å². The predicted octanol–water partition coefficient (Wildman–Crippen LogP) is 5.09. The normalized spacial score (nSPS) is 12.0. The Hall–Kier alpha value is -2.06. The van der Waals surface area contributed by atoms with Gasteiger partial charge in [0.15, 0.2) is 0 Å². The van der Waals surface area contributed by atoms with Crippen molar-refractivity contribution in [1.82, 2.24) is 13.9 Å². The first-order chi connectivity index (χ1) is 14.7. The summed E-state index contributed by atoms with van der Waals surface area (Å²) in [7, 11) is -2.18. The molecule has 0 N–H and O–H groups in total. The van der Waals surface area contributed by atoms with Crippen LogP contribution in [0.2, 0.25) is 10.0 Å². The van der Waals surface area contributed by atoms with Crippen molar-refractivity contribution in [2.45, 2.75) is 31.8 Å². The van der Waals surface area contributed by atoms with Crippen LogP contribution in [0.15, 0.2) is 59.8 Å². The molecule has 9 heteroatoms. The van der Waals surface area contributed by atoms with E-state index in [2.05, 4.69) is 4.98 Å². The lowest BCUT2D eigenvalue weighted by Crippen LogP contribution is -2.34. The number of hydrogen-bond donors (Lipinski definition) is 0. The maximum atomic E-state index is 13.4. The topological polar surface area (TPSA) is 64.4 Å². The Morgan fingerprint density at radius 3 is 2.45 bits per heavy atom. The number of hydrogen-bond acceptors (Lipinski definition) is 4. The van der Waals surface area contributed by atoms with Crippen LogP contribution in [0.25, 0.3) is 0 Å². The van der Waals surface area contributed by atoms with Gasteiger partial charge in [0, 0.05) is 29.0 Å². The summed E-state index contributed by atoms with van der Waals surface area (Å²) in [5.41, 5.74) is 0.874. The van der Waals surface area contributed by atoms with Gasteiger partial charge in [-0.15, -0.1) is 0 Å². The zero-order chi connectivity index (χ0) is 22.6. The largest absolute Gasteiger partial charge is 0.497 e. The first-order valence-electron chi connectivity index (χ1n) is 9.79. The number of halogens is 2.